The first-order valence-electron chi connectivity index (χ1n) is 9.19. The number of nitrogens with zero attached hydrogens (tertiary/aromatic N) is 4. The summed E-state index contributed by atoms with van der Waals surface area (Å²) in [6.45, 7) is 9.47. The van der Waals surface area contributed by atoms with Crippen molar-refractivity contribution in [1.82, 2.24) is 14.5 Å². The van der Waals surface area contributed by atoms with Gasteiger partial charge in [-0.3, -0.25) is 4.79 Å². The number of aromatic nitrogens is 2. The van der Waals surface area contributed by atoms with Gasteiger partial charge in [0.1, 0.15) is 0 Å². The maximum atomic E-state index is 12.7. The lowest BCUT2D eigenvalue weighted by Gasteiger charge is -2.26. The predicted molar refractivity (Wildman–Crippen MR) is 94.0 cm³/mol. The predicted octanol–water partition coefficient (Wildman–Crippen LogP) is 2.35. The molecule has 5 nitrogen and oxygen atoms in total. The molecule has 2 aliphatic rings. The lowest BCUT2D eigenvalue weighted by Crippen LogP contribution is -2.36. The minimum Gasteiger partial charge on any atom is -0.352 e. The quantitative estimate of drug-likeness (QED) is 0.854. The molecule has 3 rings (SSSR count). The molecule has 2 aliphatic heterocycles. The summed E-state index contributed by atoms with van der Waals surface area (Å²) in [7, 11) is 0. The highest BCUT2D eigenvalue weighted by molar-refractivity contribution is 5.35. The van der Waals surface area contributed by atoms with Crippen LogP contribution in [0.2, 0.25) is 0 Å². The highest BCUT2D eigenvalue weighted by atomic mass is 16.1. The number of rotatable bonds is 4. The molecule has 1 aromatic heterocycles. The van der Waals surface area contributed by atoms with Crippen molar-refractivity contribution in [2.24, 2.45) is 5.92 Å². The fourth-order valence-corrected chi connectivity index (χ4v) is 3.95. The maximum Gasteiger partial charge on any atom is 0.293 e. The highest BCUT2D eigenvalue weighted by Gasteiger charge is 2.26. The van der Waals surface area contributed by atoms with Gasteiger partial charge in [0.05, 0.1) is 0 Å². The van der Waals surface area contributed by atoms with Gasteiger partial charge in [0.2, 0.25) is 0 Å². The lowest BCUT2D eigenvalue weighted by molar-refractivity contribution is 0.225. The van der Waals surface area contributed by atoms with Gasteiger partial charge in [-0.2, -0.15) is 0 Å². The van der Waals surface area contributed by atoms with Crippen LogP contribution in [-0.4, -0.2) is 46.7 Å². The van der Waals surface area contributed by atoms with Crippen LogP contribution in [0.1, 0.15) is 46.0 Å². The summed E-state index contributed by atoms with van der Waals surface area (Å²) in [5.41, 5.74) is 0.0702. The molecule has 23 heavy (non-hydrogen) atoms. The first-order chi connectivity index (χ1) is 11.1. The van der Waals surface area contributed by atoms with E-state index in [1.807, 2.05) is 10.8 Å². The van der Waals surface area contributed by atoms with Gasteiger partial charge in [-0.15, -0.1) is 0 Å². The molecule has 0 aromatic carbocycles. The third kappa shape index (κ3) is 3.94. The number of hydrogen-bond acceptors (Lipinski definition) is 4. The van der Waals surface area contributed by atoms with E-state index in [4.69, 9.17) is 0 Å². The molecule has 2 saturated heterocycles. The molecule has 0 spiro atoms. The van der Waals surface area contributed by atoms with Crippen molar-refractivity contribution in [3.63, 3.8) is 0 Å². The van der Waals surface area contributed by atoms with Gasteiger partial charge in [-0.1, -0.05) is 13.8 Å². The lowest BCUT2D eigenvalue weighted by atomic mass is 10.1. The maximum absolute atomic E-state index is 12.7. The van der Waals surface area contributed by atoms with E-state index in [2.05, 4.69) is 28.6 Å². The molecule has 0 N–H and O–H groups in total. The van der Waals surface area contributed by atoms with Gasteiger partial charge >= 0.3 is 0 Å². The van der Waals surface area contributed by atoms with Gasteiger partial charge < -0.3 is 14.4 Å². The molecule has 2 fully saturated rings. The van der Waals surface area contributed by atoms with Crippen molar-refractivity contribution in [2.75, 3.05) is 31.1 Å². The van der Waals surface area contributed by atoms with Gasteiger partial charge in [-0.05, 0) is 51.1 Å². The molecule has 0 amide bonds. The Morgan fingerprint density at radius 1 is 1.13 bits per heavy atom. The van der Waals surface area contributed by atoms with Crippen molar-refractivity contribution < 1.29 is 0 Å². The molecule has 0 radical (unpaired) electrons. The first-order valence-corrected chi connectivity index (χ1v) is 9.19. The second-order valence-electron chi connectivity index (χ2n) is 7.42. The monoisotopic (exact) mass is 318 g/mol. The van der Waals surface area contributed by atoms with Crippen LogP contribution in [0.25, 0.3) is 0 Å². The molecular weight excluding hydrogens is 288 g/mol. The summed E-state index contributed by atoms with van der Waals surface area (Å²) >= 11 is 0. The molecule has 128 valence electrons. The fraction of sp³-hybridized carbons (Fsp3) is 0.778. The van der Waals surface area contributed by atoms with E-state index in [1.54, 1.807) is 6.20 Å². The minimum atomic E-state index is 0.0702. The summed E-state index contributed by atoms with van der Waals surface area (Å²) in [5.74, 6) is 1.11. The summed E-state index contributed by atoms with van der Waals surface area (Å²) in [6, 6.07) is 0.698. The smallest absolute Gasteiger partial charge is 0.293 e. The zero-order valence-corrected chi connectivity index (χ0v) is 14.6. The Morgan fingerprint density at radius 2 is 1.91 bits per heavy atom. The molecule has 1 aromatic rings. The van der Waals surface area contributed by atoms with Crippen LogP contribution in [0, 0.1) is 5.92 Å². The molecule has 0 bridgehead atoms. The average Bonchev–Trinajstić information content (AvgIpc) is 2.94. The van der Waals surface area contributed by atoms with E-state index in [-0.39, 0.29) is 5.56 Å². The van der Waals surface area contributed by atoms with Crippen molar-refractivity contribution >= 4 is 5.82 Å². The van der Waals surface area contributed by atoms with E-state index in [9.17, 15) is 4.79 Å². The molecule has 1 atom stereocenters. The normalized spacial score (nSPS) is 23.4. The Labute approximate surface area is 139 Å². The summed E-state index contributed by atoms with van der Waals surface area (Å²) in [6.07, 6.45) is 9.85. The van der Waals surface area contributed by atoms with Crippen LogP contribution in [0.15, 0.2) is 17.2 Å². The Bertz CT molecular complexity index is 562. The van der Waals surface area contributed by atoms with Crippen LogP contribution >= 0.6 is 0 Å². The van der Waals surface area contributed by atoms with Gasteiger partial charge in [0.25, 0.3) is 5.56 Å². The largest absolute Gasteiger partial charge is 0.352 e. The van der Waals surface area contributed by atoms with Crippen molar-refractivity contribution in [1.29, 1.82) is 0 Å². The fourth-order valence-electron chi connectivity index (χ4n) is 3.95. The SMILES string of the molecule is CC(C)Cn1ccnc(N2CCC[C@H](N3CCCC3)CC2)c1=O. The minimum absolute atomic E-state index is 0.0702. The molecule has 3 heterocycles. The van der Waals surface area contributed by atoms with Gasteiger partial charge in [0, 0.05) is 38.1 Å². The second-order valence-corrected chi connectivity index (χ2v) is 7.42. The topological polar surface area (TPSA) is 41.4 Å². The molecule has 0 saturated carbocycles. The highest BCUT2D eigenvalue weighted by Crippen LogP contribution is 2.22. The van der Waals surface area contributed by atoms with E-state index in [0.717, 1.165) is 32.5 Å². The number of anilines is 1. The van der Waals surface area contributed by atoms with Crippen molar-refractivity contribution in [3.8, 4) is 0 Å². The number of likely N-dealkylation sites (tertiary alicyclic amines) is 1. The Balaban J connectivity index is 1.71. The van der Waals surface area contributed by atoms with Crippen LogP contribution < -0.4 is 10.5 Å². The third-order valence-corrected chi connectivity index (χ3v) is 5.11. The van der Waals surface area contributed by atoms with E-state index >= 15 is 0 Å². The van der Waals surface area contributed by atoms with Gasteiger partial charge in [0.15, 0.2) is 5.82 Å². The molecular formula is C18H30N4O. The number of hydrogen-bond donors (Lipinski definition) is 0. The van der Waals surface area contributed by atoms with Crippen LogP contribution in [-0.2, 0) is 6.54 Å². The summed E-state index contributed by atoms with van der Waals surface area (Å²) in [4.78, 5) is 22.0. The molecule has 0 aliphatic carbocycles. The molecule has 5 heteroatoms. The van der Waals surface area contributed by atoms with Crippen molar-refractivity contribution in [2.45, 2.75) is 58.5 Å². The van der Waals surface area contributed by atoms with Crippen LogP contribution in [0.5, 0.6) is 0 Å². The van der Waals surface area contributed by atoms with Crippen LogP contribution in [0.4, 0.5) is 5.82 Å². The van der Waals surface area contributed by atoms with Crippen molar-refractivity contribution in [3.05, 3.63) is 22.7 Å². The third-order valence-electron chi connectivity index (χ3n) is 5.11. The first kappa shape index (κ1) is 16.5. The van der Waals surface area contributed by atoms with E-state index in [0.29, 0.717) is 17.8 Å². The van der Waals surface area contributed by atoms with E-state index < -0.39 is 0 Å². The molecule has 0 unspecified atom stereocenters. The zero-order chi connectivity index (χ0) is 16.2. The Kier molecular flexibility index (Phi) is 5.36. The Hall–Kier alpha value is -1.36. The standard InChI is InChI=1S/C18H30N4O/c1-15(2)14-22-13-8-19-17(18(22)23)21-11-5-6-16(7-12-21)20-9-3-4-10-20/h8,13,15-16H,3-7,9-12,14H2,1-2H3/t16-/m0/s1. The Morgan fingerprint density at radius 3 is 2.65 bits per heavy atom. The van der Waals surface area contributed by atoms with Gasteiger partial charge in [-0.25, -0.2) is 4.98 Å². The van der Waals surface area contributed by atoms with Crippen LogP contribution in [0.3, 0.4) is 0 Å². The average molecular weight is 318 g/mol. The van der Waals surface area contributed by atoms with E-state index in [1.165, 1.54) is 32.4 Å². The second kappa shape index (κ2) is 7.47. The summed E-state index contributed by atoms with van der Waals surface area (Å²) in [5, 5.41) is 0. The zero-order valence-electron chi connectivity index (χ0n) is 14.6. The summed E-state index contributed by atoms with van der Waals surface area (Å²) < 4.78 is 1.82.